The minimum Gasteiger partial charge on any atom is -0.351 e. The summed E-state index contributed by atoms with van der Waals surface area (Å²) in [6.07, 6.45) is 3.31. The van der Waals surface area contributed by atoms with Crippen molar-refractivity contribution in [3.05, 3.63) is 29.6 Å². The summed E-state index contributed by atoms with van der Waals surface area (Å²) in [5.41, 5.74) is 1.61. The van der Waals surface area contributed by atoms with Gasteiger partial charge in [-0.1, -0.05) is 6.92 Å². The number of hydrogen-bond acceptors (Lipinski definition) is 3. The minimum absolute atomic E-state index is 0.0656. The number of amides is 1. The normalized spacial score (nSPS) is 10.0. The number of carbonyl (C=O) groups excluding carboxylic acids is 1. The number of nitrogens with zero attached hydrogens (tertiary/aromatic N) is 1. The molecule has 0 aliphatic rings. The summed E-state index contributed by atoms with van der Waals surface area (Å²) in [5, 5.41) is 5.96. The number of hydrogen-bond donors (Lipinski definition) is 2. The van der Waals surface area contributed by atoms with Gasteiger partial charge in [0.15, 0.2) is 0 Å². The van der Waals surface area contributed by atoms with Crippen LogP contribution < -0.4 is 10.6 Å². The van der Waals surface area contributed by atoms with Gasteiger partial charge < -0.3 is 10.6 Å². The molecule has 4 nitrogen and oxygen atoms in total. The maximum Gasteiger partial charge on any atom is 0.252 e. The first-order chi connectivity index (χ1) is 7.24. The van der Waals surface area contributed by atoms with Crippen molar-refractivity contribution < 1.29 is 4.79 Å². The van der Waals surface area contributed by atoms with Crippen LogP contribution in [0.15, 0.2) is 18.5 Å². The third-order valence-corrected chi connectivity index (χ3v) is 1.97. The first kappa shape index (κ1) is 11.7. The zero-order valence-corrected chi connectivity index (χ0v) is 9.21. The lowest BCUT2D eigenvalue weighted by molar-refractivity contribution is 0.0953. The highest BCUT2D eigenvalue weighted by atomic mass is 16.1. The average molecular weight is 207 g/mol. The molecule has 82 valence electrons. The molecule has 4 heteroatoms. The Labute approximate surface area is 90.1 Å². The molecule has 1 amide bonds. The molecule has 0 saturated carbocycles. The monoisotopic (exact) mass is 207 g/mol. The zero-order valence-electron chi connectivity index (χ0n) is 9.21. The van der Waals surface area contributed by atoms with E-state index in [4.69, 9.17) is 0 Å². The van der Waals surface area contributed by atoms with Crippen molar-refractivity contribution in [1.82, 2.24) is 15.6 Å². The first-order valence-corrected chi connectivity index (χ1v) is 5.14. The summed E-state index contributed by atoms with van der Waals surface area (Å²) in [4.78, 5) is 15.6. The van der Waals surface area contributed by atoms with Crippen LogP contribution in [0, 0.1) is 6.92 Å². The Bertz CT molecular complexity index is 325. The number of likely N-dealkylation sites (N-methyl/N-ethyl adjacent to an activating group) is 1. The highest BCUT2D eigenvalue weighted by Crippen LogP contribution is 2.00. The Morgan fingerprint density at radius 1 is 1.40 bits per heavy atom. The van der Waals surface area contributed by atoms with Crippen LogP contribution in [-0.2, 0) is 0 Å². The van der Waals surface area contributed by atoms with E-state index in [-0.39, 0.29) is 5.91 Å². The highest BCUT2D eigenvalue weighted by molar-refractivity contribution is 5.93. The lowest BCUT2D eigenvalue weighted by Gasteiger charge is -2.05. The van der Waals surface area contributed by atoms with E-state index >= 15 is 0 Å². The van der Waals surface area contributed by atoms with Crippen molar-refractivity contribution in [3.8, 4) is 0 Å². The van der Waals surface area contributed by atoms with Crippen LogP contribution in [0.3, 0.4) is 0 Å². The molecule has 0 atom stereocenters. The van der Waals surface area contributed by atoms with Crippen molar-refractivity contribution in [2.45, 2.75) is 13.8 Å². The molecule has 0 aromatic carbocycles. The Kier molecular flexibility index (Phi) is 4.77. The molecule has 15 heavy (non-hydrogen) atoms. The largest absolute Gasteiger partial charge is 0.351 e. The molecule has 1 heterocycles. The average Bonchev–Trinajstić information content (AvgIpc) is 2.24. The molecule has 0 fully saturated rings. The molecule has 0 spiro atoms. The molecular formula is C11H17N3O. The quantitative estimate of drug-likeness (QED) is 0.700. The fourth-order valence-electron chi connectivity index (χ4n) is 1.22. The molecule has 0 aliphatic carbocycles. The number of aryl methyl sites for hydroxylation is 1. The highest BCUT2D eigenvalue weighted by Gasteiger charge is 2.04. The summed E-state index contributed by atoms with van der Waals surface area (Å²) in [6, 6.07) is 1.83. The molecule has 0 bridgehead atoms. The third kappa shape index (κ3) is 4.08. The van der Waals surface area contributed by atoms with Crippen LogP contribution in [0.25, 0.3) is 0 Å². The minimum atomic E-state index is -0.0656. The molecule has 1 rings (SSSR count). The maximum absolute atomic E-state index is 11.6. The number of carbonyl (C=O) groups is 1. The lowest BCUT2D eigenvalue weighted by Crippen LogP contribution is -2.31. The van der Waals surface area contributed by atoms with Gasteiger partial charge in [0.1, 0.15) is 0 Å². The Morgan fingerprint density at radius 3 is 2.87 bits per heavy atom. The summed E-state index contributed by atoms with van der Waals surface area (Å²) < 4.78 is 0. The topological polar surface area (TPSA) is 54.0 Å². The van der Waals surface area contributed by atoms with E-state index in [0.717, 1.165) is 18.7 Å². The van der Waals surface area contributed by atoms with E-state index in [1.165, 1.54) is 0 Å². The van der Waals surface area contributed by atoms with Gasteiger partial charge in [0.2, 0.25) is 0 Å². The van der Waals surface area contributed by atoms with Crippen molar-refractivity contribution in [2.24, 2.45) is 0 Å². The number of nitrogens with one attached hydrogen (secondary N) is 2. The van der Waals surface area contributed by atoms with Crippen LogP contribution >= 0.6 is 0 Å². The van der Waals surface area contributed by atoms with Crippen molar-refractivity contribution in [1.29, 1.82) is 0 Å². The van der Waals surface area contributed by atoms with Crippen LogP contribution in [0.4, 0.5) is 0 Å². The van der Waals surface area contributed by atoms with Gasteiger partial charge in [-0.15, -0.1) is 0 Å². The van der Waals surface area contributed by atoms with Crippen LogP contribution in [-0.4, -0.2) is 30.5 Å². The number of pyridine rings is 1. The molecule has 0 radical (unpaired) electrons. The van der Waals surface area contributed by atoms with Crippen LogP contribution in [0.5, 0.6) is 0 Å². The van der Waals surface area contributed by atoms with Gasteiger partial charge in [0, 0.05) is 25.5 Å². The molecule has 0 unspecified atom stereocenters. The van der Waals surface area contributed by atoms with Gasteiger partial charge in [-0.05, 0) is 25.1 Å². The van der Waals surface area contributed by atoms with E-state index < -0.39 is 0 Å². The summed E-state index contributed by atoms with van der Waals surface area (Å²) in [7, 11) is 0. The van der Waals surface area contributed by atoms with E-state index in [0.29, 0.717) is 12.1 Å². The molecule has 0 saturated heterocycles. The van der Waals surface area contributed by atoms with Crippen molar-refractivity contribution >= 4 is 5.91 Å². The fourth-order valence-corrected chi connectivity index (χ4v) is 1.22. The van der Waals surface area contributed by atoms with Gasteiger partial charge in [0.05, 0.1) is 5.56 Å². The number of aromatic nitrogens is 1. The van der Waals surface area contributed by atoms with E-state index in [2.05, 4.69) is 15.6 Å². The van der Waals surface area contributed by atoms with E-state index in [1.54, 1.807) is 12.4 Å². The van der Waals surface area contributed by atoms with Gasteiger partial charge in [-0.3, -0.25) is 9.78 Å². The first-order valence-electron chi connectivity index (χ1n) is 5.14. The van der Waals surface area contributed by atoms with Crippen LogP contribution in [0.1, 0.15) is 22.8 Å². The second-order valence-electron chi connectivity index (χ2n) is 3.36. The summed E-state index contributed by atoms with van der Waals surface area (Å²) in [6.45, 7) is 6.30. The van der Waals surface area contributed by atoms with Gasteiger partial charge >= 0.3 is 0 Å². The van der Waals surface area contributed by atoms with E-state index in [1.807, 2.05) is 19.9 Å². The summed E-state index contributed by atoms with van der Waals surface area (Å²) in [5.74, 6) is -0.0656. The fraction of sp³-hybridized carbons (Fsp3) is 0.455. The number of rotatable bonds is 5. The van der Waals surface area contributed by atoms with Gasteiger partial charge in [-0.25, -0.2) is 0 Å². The van der Waals surface area contributed by atoms with Crippen molar-refractivity contribution in [3.63, 3.8) is 0 Å². The van der Waals surface area contributed by atoms with Crippen molar-refractivity contribution in [2.75, 3.05) is 19.6 Å². The summed E-state index contributed by atoms with van der Waals surface area (Å²) >= 11 is 0. The molecule has 2 N–H and O–H groups in total. The zero-order chi connectivity index (χ0) is 11.1. The Balaban J connectivity index is 2.40. The SMILES string of the molecule is CCNCCNC(=O)c1cncc(C)c1. The maximum atomic E-state index is 11.6. The lowest BCUT2D eigenvalue weighted by atomic mass is 10.2. The Morgan fingerprint density at radius 2 is 2.20 bits per heavy atom. The molecule has 0 aliphatic heterocycles. The van der Waals surface area contributed by atoms with Gasteiger partial charge in [-0.2, -0.15) is 0 Å². The Hall–Kier alpha value is -1.42. The standard InChI is InChI=1S/C11H17N3O/c1-3-12-4-5-14-11(15)10-6-9(2)7-13-8-10/h6-8,12H,3-5H2,1-2H3,(H,14,15). The van der Waals surface area contributed by atoms with Gasteiger partial charge in [0.25, 0.3) is 5.91 Å². The third-order valence-electron chi connectivity index (χ3n) is 1.97. The van der Waals surface area contributed by atoms with Crippen LogP contribution in [0.2, 0.25) is 0 Å². The second-order valence-corrected chi connectivity index (χ2v) is 3.36. The molecule has 1 aromatic rings. The van der Waals surface area contributed by atoms with E-state index in [9.17, 15) is 4.79 Å². The predicted molar refractivity (Wildman–Crippen MR) is 59.9 cm³/mol. The molecular weight excluding hydrogens is 190 g/mol. The smallest absolute Gasteiger partial charge is 0.252 e. The predicted octanol–water partition coefficient (Wildman–Crippen LogP) is 0.729. The molecule has 1 aromatic heterocycles. The second kappa shape index (κ2) is 6.14.